The Hall–Kier alpha value is -1.17. The number of nitrogens with one attached hydrogen (secondary N) is 1. The van der Waals surface area contributed by atoms with Gasteiger partial charge in [-0.1, -0.05) is 6.07 Å². The summed E-state index contributed by atoms with van der Waals surface area (Å²) in [5, 5.41) is 5.70. The van der Waals surface area contributed by atoms with Crippen molar-refractivity contribution in [2.75, 3.05) is 19.5 Å². The van der Waals surface area contributed by atoms with Gasteiger partial charge in [-0.25, -0.2) is 0 Å². The fourth-order valence-corrected chi connectivity index (χ4v) is 3.72. The minimum atomic E-state index is 0.355. The second-order valence-corrected chi connectivity index (χ2v) is 6.75. The Balaban J connectivity index is 1.75. The number of thiophene rings is 1. The summed E-state index contributed by atoms with van der Waals surface area (Å²) in [5.41, 5.74) is 1.26. The molecule has 0 unspecified atom stereocenters. The summed E-state index contributed by atoms with van der Waals surface area (Å²) in [6.07, 6.45) is 2.09. The van der Waals surface area contributed by atoms with Crippen molar-refractivity contribution in [3.8, 4) is 11.5 Å². The lowest BCUT2D eigenvalue weighted by Crippen LogP contribution is -2.19. The van der Waals surface area contributed by atoms with Gasteiger partial charge in [0.2, 0.25) is 0 Å². The second-order valence-electron chi connectivity index (χ2n) is 4.93. The highest BCUT2D eigenvalue weighted by molar-refractivity contribution is 7.98. The monoisotopic (exact) mass is 321 g/mol. The van der Waals surface area contributed by atoms with Crippen molar-refractivity contribution in [3.63, 3.8) is 0 Å². The van der Waals surface area contributed by atoms with Crippen LogP contribution >= 0.6 is 23.1 Å². The maximum atomic E-state index is 5.68. The Kier molecular flexibility index (Phi) is 4.73. The van der Waals surface area contributed by atoms with Gasteiger partial charge in [0.25, 0.3) is 0 Å². The van der Waals surface area contributed by atoms with E-state index >= 15 is 0 Å². The molecule has 1 N–H and O–H groups in total. The Bertz CT molecular complexity index is 599. The highest BCUT2D eigenvalue weighted by Crippen LogP contribution is 2.36. The van der Waals surface area contributed by atoms with E-state index < -0.39 is 0 Å². The number of hydrogen-bond donors (Lipinski definition) is 1. The van der Waals surface area contributed by atoms with Crippen LogP contribution in [0.5, 0.6) is 11.5 Å². The van der Waals surface area contributed by atoms with Crippen molar-refractivity contribution in [1.29, 1.82) is 0 Å². The lowest BCUT2D eigenvalue weighted by Gasteiger charge is -2.21. The molecule has 1 atom stereocenters. The van der Waals surface area contributed by atoms with Gasteiger partial charge in [0.15, 0.2) is 11.5 Å². The first-order valence-electron chi connectivity index (χ1n) is 7.01. The van der Waals surface area contributed by atoms with Gasteiger partial charge in [-0.2, -0.15) is 0 Å². The van der Waals surface area contributed by atoms with Gasteiger partial charge >= 0.3 is 0 Å². The predicted molar refractivity (Wildman–Crippen MR) is 88.8 cm³/mol. The molecule has 0 fully saturated rings. The molecule has 0 saturated carbocycles. The smallest absolute Gasteiger partial charge is 0.162 e. The third-order valence-corrected chi connectivity index (χ3v) is 5.39. The lowest BCUT2D eigenvalue weighted by atomic mass is 10.1. The molecule has 0 aliphatic carbocycles. The molecule has 0 radical (unpaired) electrons. The van der Waals surface area contributed by atoms with Crippen LogP contribution in [0.4, 0.5) is 0 Å². The van der Waals surface area contributed by atoms with Crippen LogP contribution in [0.1, 0.15) is 23.4 Å². The van der Waals surface area contributed by atoms with E-state index in [0.717, 1.165) is 18.0 Å². The molecule has 0 spiro atoms. The molecule has 0 amide bonds. The topological polar surface area (TPSA) is 30.5 Å². The highest BCUT2D eigenvalue weighted by atomic mass is 32.2. The van der Waals surface area contributed by atoms with Crippen molar-refractivity contribution in [1.82, 2.24) is 5.32 Å². The molecular weight excluding hydrogens is 302 g/mol. The van der Waals surface area contributed by atoms with E-state index in [9.17, 15) is 0 Å². The Morgan fingerprint density at radius 2 is 2.05 bits per heavy atom. The fourth-order valence-electron chi connectivity index (χ4n) is 2.34. The summed E-state index contributed by atoms with van der Waals surface area (Å²) < 4.78 is 11.3. The molecule has 1 aliphatic rings. The average Bonchev–Trinajstić information content (AvgIpc) is 3.06. The largest absolute Gasteiger partial charge is 0.486 e. The third-order valence-electron chi connectivity index (χ3n) is 3.51. The van der Waals surface area contributed by atoms with Crippen molar-refractivity contribution < 1.29 is 9.47 Å². The number of rotatable bonds is 5. The van der Waals surface area contributed by atoms with Crippen LogP contribution in [-0.4, -0.2) is 19.5 Å². The van der Waals surface area contributed by atoms with E-state index in [1.807, 2.05) is 0 Å². The first kappa shape index (κ1) is 14.8. The molecular formula is C16H19NO2S2. The van der Waals surface area contributed by atoms with Crippen molar-refractivity contribution in [2.24, 2.45) is 0 Å². The number of hydrogen-bond acceptors (Lipinski definition) is 5. The summed E-state index contributed by atoms with van der Waals surface area (Å²) in [6.45, 7) is 4.28. The summed E-state index contributed by atoms with van der Waals surface area (Å²) in [5.74, 6) is 1.72. The highest BCUT2D eigenvalue weighted by Gasteiger charge is 2.16. The Labute approximate surface area is 133 Å². The molecule has 112 valence electrons. The molecule has 1 aromatic carbocycles. The Morgan fingerprint density at radius 1 is 1.29 bits per heavy atom. The number of ether oxygens (including phenoxy) is 2. The van der Waals surface area contributed by atoms with Crippen LogP contribution < -0.4 is 14.8 Å². The molecule has 1 aliphatic heterocycles. The molecule has 3 nitrogen and oxygen atoms in total. The maximum absolute atomic E-state index is 5.68. The molecule has 21 heavy (non-hydrogen) atoms. The normalized spacial score (nSPS) is 15.0. The summed E-state index contributed by atoms with van der Waals surface area (Å²) in [6, 6.07) is 8.81. The SMILES string of the molecule is CSc1cc2c(cc1CN[C@H](C)c1cccs1)OCCO2. The van der Waals surface area contributed by atoms with Crippen LogP contribution in [-0.2, 0) is 6.54 Å². The fraction of sp³-hybridized carbons (Fsp3) is 0.375. The van der Waals surface area contributed by atoms with Crippen molar-refractivity contribution in [3.05, 3.63) is 40.1 Å². The van der Waals surface area contributed by atoms with E-state index in [1.165, 1.54) is 15.3 Å². The van der Waals surface area contributed by atoms with Gasteiger partial charge in [0.1, 0.15) is 13.2 Å². The maximum Gasteiger partial charge on any atom is 0.162 e. The predicted octanol–water partition coefficient (Wildman–Crippen LogP) is 4.09. The minimum absolute atomic E-state index is 0.355. The van der Waals surface area contributed by atoms with Crippen LogP contribution in [0.25, 0.3) is 0 Å². The van der Waals surface area contributed by atoms with Gasteiger partial charge < -0.3 is 14.8 Å². The lowest BCUT2D eigenvalue weighted by molar-refractivity contribution is 0.171. The zero-order valence-electron chi connectivity index (χ0n) is 12.2. The van der Waals surface area contributed by atoms with E-state index in [-0.39, 0.29) is 0 Å². The number of fused-ring (bicyclic) bond motifs is 1. The summed E-state index contributed by atoms with van der Waals surface area (Å²) >= 11 is 3.53. The molecule has 0 saturated heterocycles. The minimum Gasteiger partial charge on any atom is -0.486 e. The van der Waals surface area contributed by atoms with Crippen LogP contribution in [0, 0.1) is 0 Å². The molecule has 3 rings (SSSR count). The van der Waals surface area contributed by atoms with Gasteiger partial charge in [-0.15, -0.1) is 23.1 Å². The van der Waals surface area contributed by atoms with E-state index in [1.54, 1.807) is 23.1 Å². The molecule has 2 heterocycles. The van der Waals surface area contributed by atoms with Crippen molar-refractivity contribution in [2.45, 2.75) is 24.4 Å². The number of benzene rings is 1. The Morgan fingerprint density at radius 3 is 2.71 bits per heavy atom. The van der Waals surface area contributed by atoms with Gasteiger partial charge in [-0.05, 0) is 42.3 Å². The zero-order valence-corrected chi connectivity index (χ0v) is 13.9. The average molecular weight is 321 g/mol. The van der Waals surface area contributed by atoms with Crippen LogP contribution in [0.2, 0.25) is 0 Å². The summed E-state index contributed by atoms with van der Waals surface area (Å²) in [7, 11) is 0. The second kappa shape index (κ2) is 6.73. The van der Waals surface area contributed by atoms with E-state index in [4.69, 9.17) is 9.47 Å². The van der Waals surface area contributed by atoms with Gasteiger partial charge in [0.05, 0.1) is 0 Å². The summed E-state index contributed by atoms with van der Waals surface area (Å²) in [4.78, 5) is 2.60. The standard InChI is InChI=1S/C16H19NO2S2/c1-11(15-4-3-7-21-15)17-10-12-8-13-14(9-16(12)20-2)19-6-5-18-13/h3-4,7-9,11,17H,5-6,10H2,1-2H3/t11-/m1/s1. The van der Waals surface area contributed by atoms with E-state index in [2.05, 4.69) is 48.1 Å². The van der Waals surface area contributed by atoms with Gasteiger partial charge in [0, 0.05) is 22.4 Å². The third kappa shape index (κ3) is 3.36. The number of thioether (sulfide) groups is 1. The molecule has 0 bridgehead atoms. The van der Waals surface area contributed by atoms with Crippen molar-refractivity contribution >= 4 is 23.1 Å². The van der Waals surface area contributed by atoms with Crippen LogP contribution in [0.15, 0.2) is 34.5 Å². The molecule has 1 aromatic heterocycles. The first-order valence-corrected chi connectivity index (χ1v) is 9.11. The van der Waals surface area contributed by atoms with Gasteiger partial charge in [-0.3, -0.25) is 0 Å². The molecule has 5 heteroatoms. The van der Waals surface area contributed by atoms with Crippen LogP contribution in [0.3, 0.4) is 0 Å². The molecule has 2 aromatic rings. The first-order chi connectivity index (χ1) is 10.3. The quantitative estimate of drug-likeness (QED) is 0.840. The zero-order chi connectivity index (χ0) is 14.7. The van der Waals surface area contributed by atoms with E-state index in [0.29, 0.717) is 19.3 Å².